The Hall–Kier alpha value is -1.82. The molecule has 5 nitrogen and oxygen atoms in total. The lowest BCUT2D eigenvalue weighted by Gasteiger charge is -2.21. The SMILES string of the molecule is CC(CNc1ccc(F)c(N)c1C(=O)O)CN1CCCC1. The summed E-state index contributed by atoms with van der Waals surface area (Å²) >= 11 is 0. The van der Waals surface area contributed by atoms with Crippen LogP contribution in [-0.2, 0) is 0 Å². The van der Waals surface area contributed by atoms with Crippen LogP contribution in [-0.4, -0.2) is 42.2 Å². The van der Waals surface area contributed by atoms with Gasteiger partial charge in [0.25, 0.3) is 0 Å². The molecule has 1 aromatic rings. The lowest BCUT2D eigenvalue weighted by molar-refractivity contribution is 0.0698. The monoisotopic (exact) mass is 295 g/mol. The Kier molecular flexibility index (Phi) is 5.01. The summed E-state index contributed by atoms with van der Waals surface area (Å²) in [6.07, 6.45) is 2.50. The second-order valence-corrected chi connectivity index (χ2v) is 5.68. The van der Waals surface area contributed by atoms with E-state index in [2.05, 4.69) is 17.1 Å². The average molecular weight is 295 g/mol. The maximum atomic E-state index is 13.4. The van der Waals surface area contributed by atoms with E-state index in [-0.39, 0.29) is 11.3 Å². The number of anilines is 2. The highest BCUT2D eigenvalue weighted by Crippen LogP contribution is 2.25. The van der Waals surface area contributed by atoms with Gasteiger partial charge in [0, 0.05) is 13.1 Å². The number of likely N-dealkylation sites (tertiary alicyclic amines) is 1. The van der Waals surface area contributed by atoms with Crippen LogP contribution >= 0.6 is 0 Å². The Morgan fingerprint density at radius 1 is 1.48 bits per heavy atom. The third-order valence-corrected chi connectivity index (χ3v) is 3.82. The average Bonchev–Trinajstić information content (AvgIpc) is 2.92. The number of nitrogens with one attached hydrogen (secondary N) is 1. The van der Waals surface area contributed by atoms with E-state index in [1.807, 2.05) is 0 Å². The highest BCUT2D eigenvalue weighted by Gasteiger charge is 2.19. The minimum Gasteiger partial charge on any atom is -0.478 e. The summed E-state index contributed by atoms with van der Waals surface area (Å²) in [7, 11) is 0. The third-order valence-electron chi connectivity index (χ3n) is 3.82. The Labute approximate surface area is 123 Å². The predicted octanol–water partition coefficient (Wildman–Crippen LogP) is 2.25. The van der Waals surface area contributed by atoms with Crippen LogP contribution in [0.25, 0.3) is 0 Å². The second kappa shape index (κ2) is 6.76. The van der Waals surface area contributed by atoms with E-state index in [4.69, 9.17) is 5.73 Å². The first kappa shape index (κ1) is 15.6. The van der Waals surface area contributed by atoms with Gasteiger partial charge in [0.05, 0.1) is 11.4 Å². The molecule has 0 aromatic heterocycles. The van der Waals surface area contributed by atoms with Crippen LogP contribution in [0.5, 0.6) is 0 Å². The molecule has 0 bridgehead atoms. The summed E-state index contributed by atoms with van der Waals surface area (Å²) in [6.45, 7) is 5.98. The van der Waals surface area contributed by atoms with Crippen molar-refractivity contribution in [1.82, 2.24) is 4.90 Å². The van der Waals surface area contributed by atoms with E-state index in [9.17, 15) is 14.3 Å². The zero-order valence-electron chi connectivity index (χ0n) is 12.2. The number of carboxylic acids is 1. The van der Waals surface area contributed by atoms with Crippen LogP contribution in [0.1, 0.15) is 30.1 Å². The Morgan fingerprint density at radius 2 is 2.14 bits per heavy atom. The van der Waals surface area contributed by atoms with Gasteiger partial charge >= 0.3 is 5.97 Å². The molecule has 0 radical (unpaired) electrons. The van der Waals surface area contributed by atoms with Crippen LogP contribution < -0.4 is 11.1 Å². The van der Waals surface area contributed by atoms with E-state index in [1.54, 1.807) is 0 Å². The lowest BCUT2D eigenvalue weighted by Crippen LogP contribution is -2.29. The minimum atomic E-state index is -1.22. The van der Waals surface area contributed by atoms with Gasteiger partial charge in [0.15, 0.2) is 0 Å². The van der Waals surface area contributed by atoms with Crippen molar-refractivity contribution in [2.75, 3.05) is 37.2 Å². The summed E-state index contributed by atoms with van der Waals surface area (Å²) in [5.74, 6) is -1.55. The molecule has 1 unspecified atom stereocenters. The standard InChI is InChI=1S/C15H22FN3O2/c1-10(9-19-6-2-3-7-19)8-18-12-5-4-11(16)14(17)13(12)15(20)21/h4-5,10,18H,2-3,6-9,17H2,1H3,(H,20,21). The van der Waals surface area contributed by atoms with Gasteiger partial charge in [-0.15, -0.1) is 0 Å². The first-order chi connectivity index (χ1) is 9.99. The molecule has 116 valence electrons. The molecule has 4 N–H and O–H groups in total. The van der Waals surface area contributed by atoms with E-state index in [0.717, 1.165) is 19.6 Å². The first-order valence-corrected chi connectivity index (χ1v) is 7.26. The summed E-state index contributed by atoms with van der Waals surface area (Å²) in [4.78, 5) is 13.6. The molecule has 1 aliphatic rings. The van der Waals surface area contributed by atoms with Crippen molar-refractivity contribution in [3.05, 3.63) is 23.5 Å². The van der Waals surface area contributed by atoms with Gasteiger partial charge in [-0.1, -0.05) is 6.92 Å². The van der Waals surface area contributed by atoms with Crippen molar-refractivity contribution in [2.24, 2.45) is 5.92 Å². The maximum Gasteiger partial charge on any atom is 0.340 e. The van der Waals surface area contributed by atoms with Crippen molar-refractivity contribution in [3.63, 3.8) is 0 Å². The third kappa shape index (κ3) is 3.85. The van der Waals surface area contributed by atoms with Crippen molar-refractivity contribution in [2.45, 2.75) is 19.8 Å². The molecule has 0 saturated carbocycles. The van der Waals surface area contributed by atoms with Gasteiger partial charge in [-0.25, -0.2) is 9.18 Å². The van der Waals surface area contributed by atoms with Gasteiger partial charge in [0.1, 0.15) is 11.4 Å². The molecule has 1 saturated heterocycles. The molecule has 0 amide bonds. The number of hydrogen-bond acceptors (Lipinski definition) is 4. The molecular weight excluding hydrogens is 273 g/mol. The van der Waals surface area contributed by atoms with E-state index in [0.29, 0.717) is 18.2 Å². The zero-order chi connectivity index (χ0) is 15.4. The number of aromatic carboxylic acids is 1. The largest absolute Gasteiger partial charge is 0.478 e. The van der Waals surface area contributed by atoms with Crippen LogP contribution in [0.3, 0.4) is 0 Å². The molecule has 0 aliphatic carbocycles. The van der Waals surface area contributed by atoms with Gasteiger partial charge < -0.3 is 21.1 Å². The molecule has 1 aliphatic heterocycles. The van der Waals surface area contributed by atoms with Crippen LogP contribution in [0.2, 0.25) is 0 Å². The molecule has 0 spiro atoms. The Bertz CT molecular complexity index is 516. The lowest BCUT2D eigenvalue weighted by atomic mass is 10.1. The van der Waals surface area contributed by atoms with E-state index >= 15 is 0 Å². The number of hydrogen-bond donors (Lipinski definition) is 3. The van der Waals surface area contributed by atoms with Gasteiger partial charge in [-0.3, -0.25) is 0 Å². The highest BCUT2D eigenvalue weighted by atomic mass is 19.1. The van der Waals surface area contributed by atoms with Gasteiger partial charge in [-0.2, -0.15) is 0 Å². The molecule has 1 atom stereocenters. The number of nitrogens with two attached hydrogens (primary N) is 1. The number of carboxylic acid groups (broad SMARTS) is 1. The number of carbonyl (C=O) groups is 1. The summed E-state index contributed by atoms with van der Waals surface area (Å²) in [5, 5.41) is 12.3. The van der Waals surface area contributed by atoms with Crippen LogP contribution in [0, 0.1) is 11.7 Å². The molecule has 1 aromatic carbocycles. The molecule has 1 heterocycles. The Balaban J connectivity index is 1.99. The van der Waals surface area contributed by atoms with Crippen LogP contribution in [0.15, 0.2) is 12.1 Å². The molecule has 6 heteroatoms. The highest BCUT2D eigenvalue weighted by molar-refractivity contribution is 6.00. The predicted molar refractivity (Wildman–Crippen MR) is 81.1 cm³/mol. The maximum absolute atomic E-state index is 13.4. The zero-order valence-corrected chi connectivity index (χ0v) is 12.2. The van der Waals surface area contributed by atoms with Crippen molar-refractivity contribution in [3.8, 4) is 0 Å². The number of benzene rings is 1. The van der Waals surface area contributed by atoms with Crippen LogP contribution in [0.4, 0.5) is 15.8 Å². The van der Waals surface area contributed by atoms with Gasteiger partial charge in [0.2, 0.25) is 0 Å². The first-order valence-electron chi connectivity index (χ1n) is 7.26. The van der Waals surface area contributed by atoms with Crippen molar-refractivity contribution in [1.29, 1.82) is 0 Å². The number of nitrogens with zero attached hydrogens (tertiary/aromatic N) is 1. The molecule has 2 rings (SSSR count). The van der Waals surface area contributed by atoms with Crippen molar-refractivity contribution < 1.29 is 14.3 Å². The van der Waals surface area contributed by atoms with Crippen molar-refractivity contribution >= 4 is 17.3 Å². The molecule has 21 heavy (non-hydrogen) atoms. The fraction of sp³-hybridized carbons (Fsp3) is 0.533. The second-order valence-electron chi connectivity index (χ2n) is 5.68. The Morgan fingerprint density at radius 3 is 2.76 bits per heavy atom. The normalized spacial score (nSPS) is 16.9. The molecule has 1 fully saturated rings. The number of nitrogen functional groups attached to an aromatic ring is 1. The summed E-state index contributed by atoms with van der Waals surface area (Å²) in [6, 6.07) is 2.62. The summed E-state index contributed by atoms with van der Waals surface area (Å²) < 4.78 is 13.4. The summed E-state index contributed by atoms with van der Waals surface area (Å²) in [5.41, 5.74) is 5.38. The van der Waals surface area contributed by atoms with E-state index < -0.39 is 11.8 Å². The minimum absolute atomic E-state index is 0.191. The molecular formula is C15H22FN3O2. The van der Waals surface area contributed by atoms with Gasteiger partial charge in [-0.05, 0) is 44.0 Å². The quantitative estimate of drug-likeness (QED) is 0.702. The smallest absolute Gasteiger partial charge is 0.340 e. The fourth-order valence-electron chi connectivity index (χ4n) is 2.73. The number of halogens is 1. The number of rotatable bonds is 6. The van der Waals surface area contributed by atoms with E-state index in [1.165, 1.54) is 25.0 Å². The fourth-order valence-corrected chi connectivity index (χ4v) is 2.73. The topological polar surface area (TPSA) is 78.6 Å².